The molecule has 0 radical (unpaired) electrons. The summed E-state index contributed by atoms with van der Waals surface area (Å²) < 4.78 is 25.3. The molecule has 0 atom stereocenters. The fourth-order valence-corrected chi connectivity index (χ4v) is 4.44. The van der Waals surface area contributed by atoms with Gasteiger partial charge in [0.15, 0.2) is 9.84 Å². The molecule has 0 saturated heterocycles. The van der Waals surface area contributed by atoms with Crippen LogP contribution in [0.4, 0.5) is 0 Å². The van der Waals surface area contributed by atoms with Gasteiger partial charge in [-0.2, -0.15) is 0 Å². The van der Waals surface area contributed by atoms with E-state index in [0.717, 1.165) is 22.3 Å². The lowest BCUT2D eigenvalue weighted by atomic mass is 10.4. The summed E-state index contributed by atoms with van der Waals surface area (Å²) >= 11 is 7.46. The lowest BCUT2D eigenvalue weighted by Gasteiger charge is -2.19. The third-order valence-corrected chi connectivity index (χ3v) is 6.16. The van der Waals surface area contributed by atoms with Crippen LogP contribution in [-0.4, -0.2) is 32.2 Å². The van der Waals surface area contributed by atoms with Gasteiger partial charge in [-0.3, -0.25) is 4.90 Å². The molecule has 0 fully saturated rings. The van der Waals surface area contributed by atoms with Crippen LogP contribution in [0.3, 0.4) is 0 Å². The quantitative estimate of drug-likeness (QED) is 0.769. The Hall–Kier alpha value is -0.880. The highest BCUT2D eigenvalue weighted by Gasteiger charge is 2.16. The zero-order valence-electron chi connectivity index (χ0n) is 11.8. The number of hydrogen-bond donors (Lipinski definition) is 0. The summed E-state index contributed by atoms with van der Waals surface area (Å²) in [5.74, 6) is 0.129. The minimum absolute atomic E-state index is 0.129. The molecule has 0 aliphatic heterocycles. The average Bonchev–Trinajstić information content (AvgIpc) is 2.89. The van der Waals surface area contributed by atoms with Gasteiger partial charge in [-0.1, -0.05) is 36.7 Å². The summed E-state index contributed by atoms with van der Waals surface area (Å²) in [7, 11) is -3.22. The second-order valence-corrected chi connectivity index (χ2v) is 8.62. The minimum atomic E-state index is -3.22. The maximum absolute atomic E-state index is 12.3. The molecule has 1 aromatic carbocycles. The number of benzene rings is 1. The summed E-state index contributed by atoms with van der Waals surface area (Å²) in [6.45, 7) is 4.09. The van der Waals surface area contributed by atoms with Gasteiger partial charge in [-0.15, -0.1) is 11.3 Å². The lowest BCUT2D eigenvalue weighted by Crippen LogP contribution is -2.28. The summed E-state index contributed by atoms with van der Waals surface area (Å²) in [5, 5.41) is 0. The highest BCUT2D eigenvalue weighted by Crippen LogP contribution is 2.22. The summed E-state index contributed by atoms with van der Waals surface area (Å²) in [5.41, 5.74) is 0. The Balaban J connectivity index is 1.97. The van der Waals surface area contributed by atoms with Crippen LogP contribution in [0.5, 0.6) is 0 Å². The first kappa shape index (κ1) is 16.5. The van der Waals surface area contributed by atoms with E-state index in [2.05, 4.69) is 4.90 Å². The number of hydrogen-bond acceptors (Lipinski definition) is 4. The van der Waals surface area contributed by atoms with Crippen molar-refractivity contribution in [2.75, 3.05) is 18.8 Å². The highest BCUT2D eigenvalue weighted by atomic mass is 35.5. The SMILES string of the molecule is CCN(CCS(=O)(=O)c1ccccc1)Cc1ccc(Cl)s1. The predicted molar refractivity (Wildman–Crippen MR) is 88.8 cm³/mol. The van der Waals surface area contributed by atoms with Gasteiger partial charge < -0.3 is 0 Å². The second kappa shape index (κ2) is 7.40. The summed E-state index contributed by atoms with van der Waals surface area (Å²) in [6, 6.07) is 12.5. The first-order chi connectivity index (χ1) is 10.0. The molecular formula is C15H18ClNO2S2. The van der Waals surface area contributed by atoms with Crippen LogP contribution in [0.15, 0.2) is 47.4 Å². The van der Waals surface area contributed by atoms with Crippen LogP contribution in [-0.2, 0) is 16.4 Å². The topological polar surface area (TPSA) is 37.4 Å². The average molecular weight is 344 g/mol. The third-order valence-electron chi connectivity index (χ3n) is 3.23. The van der Waals surface area contributed by atoms with Crippen LogP contribution in [0, 0.1) is 0 Å². The lowest BCUT2D eigenvalue weighted by molar-refractivity contribution is 0.299. The number of rotatable bonds is 7. The smallest absolute Gasteiger partial charge is 0.179 e. The molecule has 0 bridgehead atoms. The Morgan fingerprint density at radius 3 is 2.43 bits per heavy atom. The maximum Gasteiger partial charge on any atom is 0.179 e. The van der Waals surface area contributed by atoms with Crippen molar-refractivity contribution in [2.45, 2.75) is 18.4 Å². The molecule has 0 aliphatic rings. The Labute approximate surface area is 135 Å². The fraction of sp³-hybridized carbons (Fsp3) is 0.333. The number of thiophene rings is 1. The van der Waals surface area contributed by atoms with Crippen LogP contribution in [0.25, 0.3) is 0 Å². The van der Waals surface area contributed by atoms with Crippen molar-refractivity contribution < 1.29 is 8.42 Å². The first-order valence-electron chi connectivity index (χ1n) is 6.75. The van der Waals surface area contributed by atoms with Gasteiger partial charge in [0, 0.05) is 18.0 Å². The van der Waals surface area contributed by atoms with Crippen LogP contribution in [0.2, 0.25) is 4.34 Å². The van der Waals surface area contributed by atoms with Crippen molar-refractivity contribution in [3.05, 3.63) is 51.7 Å². The molecule has 0 amide bonds. The van der Waals surface area contributed by atoms with E-state index in [1.807, 2.05) is 25.1 Å². The van der Waals surface area contributed by atoms with E-state index in [1.165, 1.54) is 11.3 Å². The Morgan fingerprint density at radius 2 is 1.86 bits per heavy atom. The van der Waals surface area contributed by atoms with Crippen LogP contribution < -0.4 is 0 Å². The summed E-state index contributed by atoms with van der Waals surface area (Å²) in [6.07, 6.45) is 0. The molecule has 2 aromatic rings. The molecule has 1 aromatic heterocycles. The van der Waals surface area contributed by atoms with E-state index in [4.69, 9.17) is 11.6 Å². The molecule has 1 heterocycles. The Morgan fingerprint density at radius 1 is 1.14 bits per heavy atom. The largest absolute Gasteiger partial charge is 0.298 e. The molecule has 0 unspecified atom stereocenters. The summed E-state index contributed by atoms with van der Waals surface area (Å²) in [4.78, 5) is 3.65. The number of sulfone groups is 1. The van der Waals surface area contributed by atoms with Gasteiger partial charge in [-0.05, 0) is 30.8 Å². The van der Waals surface area contributed by atoms with E-state index < -0.39 is 9.84 Å². The molecular weight excluding hydrogens is 326 g/mol. The molecule has 0 saturated carbocycles. The van der Waals surface area contributed by atoms with E-state index in [9.17, 15) is 8.42 Å². The molecule has 21 heavy (non-hydrogen) atoms. The number of halogens is 1. The van der Waals surface area contributed by atoms with Gasteiger partial charge in [-0.25, -0.2) is 8.42 Å². The number of nitrogens with zero attached hydrogens (tertiary/aromatic N) is 1. The molecule has 114 valence electrons. The van der Waals surface area contributed by atoms with Crippen molar-refractivity contribution in [3.63, 3.8) is 0 Å². The van der Waals surface area contributed by atoms with Crippen LogP contribution >= 0.6 is 22.9 Å². The van der Waals surface area contributed by atoms with Crippen molar-refractivity contribution in [3.8, 4) is 0 Å². The van der Waals surface area contributed by atoms with Gasteiger partial charge >= 0.3 is 0 Å². The highest BCUT2D eigenvalue weighted by molar-refractivity contribution is 7.91. The van der Waals surface area contributed by atoms with E-state index in [-0.39, 0.29) is 5.75 Å². The molecule has 6 heteroatoms. The van der Waals surface area contributed by atoms with Crippen molar-refractivity contribution in [1.82, 2.24) is 4.90 Å². The maximum atomic E-state index is 12.3. The molecule has 0 N–H and O–H groups in total. The van der Waals surface area contributed by atoms with Gasteiger partial charge in [0.25, 0.3) is 0 Å². The molecule has 2 rings (SSSR count). The Kier molecular flexibility index (Phi) is 5.81. The second-order valence-electron chi connectivity index (χ2n) is 4.71. The minimum Gasteiger partial charge on any atom is -0.298 e. The van der Waals surface area contributed by atoms with Gasteiger partial charge in [0.2, 0.25) is 0 Å². The van der Waals surface area contributed by atoms with E-state index >= 15 is 0 Å². The molecule has 0 aliphatic carbocycles. The standard InChI is InChI=1S/C15H18ClNO2S2/c1-2-17(12-13-8-9-15(16)20-13)10-11-21(18,19)14-6-4-3-5-7-14/h3-9H,2,10-12H2,1H3. The normalized spacial score (nSPS) is 12.0. The third kappa shape index (κ3) is 4.81. The van der Waals surface area contributed by atoms with Gasteiger partial charge in [0.1, 0.15) is 0 Å². The zero-order valence-corrected chi connectivity index (χ0v) is 14.2. The van der Waals surface area contributed by atoms with Crippen molar-refractivity contribution in [2.24, 2.45) is 0 Å². The molecule has 3 nitrogen and oxygen atoms in total. The van der Waals surface area contributed by atoms with Crippen molar-refractivity contribution in [1.29, 1.82) is 0 Å². The fourth-order valence-electron chi connectivity index (χ4n) is 2.00. The zero-order chi connectivity index (χ0) is 15.3. The Bertz CT molecular complexity index is 668. The van der Waals surface area contributed by atoms with E-state index in [0.29, 0.717) is 11.4 Å². The van der Waals surface area contributed by atoms with Gasteiger partial charge in [0.05, 0.1) is 15.0 Å². The predicted octanol–water partition coefficient (Wildman–Crippen LogP) is 3.70. The van der Waals surface area contributed by atoms with Crippen molar-refractivity contribution >= 4 is 32.8 Å². The molecule has 0 spiro atoms. The van der Waals surface area contributed by atoms with Crippen LogP contribution in [0.1, 0.15) is 11.8 Å². The monoisotopic (exact) mass is 343 g/mol. The first-order valence-corrected chi connectivity index (χ1v) is 9.60. The van der Waals surface area contributed by atoms with E-state index in [1.54, 1.807) is 24.3 Å².